The number of H-pyrrole nitrogens is 1. The fourth-order valence-electron chi connectivity index (χ4n) is 2.83. The largest absolute Gasteiger partial charge is 0.361 e. The molecule has 4 heteroatoms. The summed E-state index contributed by atoms with van der Waals surface area (Å²) < 4.78 is 0. The molecule has 4 nitrogen and oxygen atoms in total. The number of hydrogen-bond acceptors (Lipinski definition) is 2. The summed E-state index contributed by atoms with van der Waals surface area (Å²) in [5.41, 5.74) is 3.35. The average Bonchev–Trinajstić information content (AvgIpc) is 2.99. The molecule has 2 heterocycles. The molecule has 0 atom stereocenters. The molecule has 0 spiro atoms. The summed E-state index contributed by atoms with van der Waals surface area (Å²) in [6.45, 7) is 3.49. The number of rotatable bonds is 6. The van der Waals surface area contributed by atoms with Gasteiger partial charge in [-0.3, -0.25) is 9.78 Å². The summed E-state index contributed by atoms with van der Waals surface area (Å²) >= 11 is 0. The first-order chi connectivity index (χ1) is 11.3. The maximum Gasteiger partial charge on any atom is 0.227 e. The smallest absolute Gasteiger partial charge is 0.227 e. The Kier molecular flexibility index (Phi) is 4.71. The Labute approximate surface area is 136 Å². The summed E-state index contributed by atoms with van der Waals surface area (Å²) in [6.07, 6.45) is 6.82. The monoisotopic (exact) mass is 307 g/mol. The van der Waals surface area contributed by atoms with Gasteiger partial charge >= 0.3 is 0 Å². The second-order valence-electron chi connectivity index (χ2n) is 5.62. The van der Waals surface area contributed by atoms with Crippen molar-refractivity contribution < 1.29 is 4.79 Å². The van der Waals surface area contributed by atoms with Crippen molar-refractivity contribution in [2.75, 3.05) is 13.1 Å². The number of para-hydroxylation sites is 1. The highest BCUT2D eigenvalue weighted by Gasteiger charge is 2.14. The zero-order chi connectivity index (χ0) is 16.1. The molecule has 3 rings (SSSR count). The molecule has 0 unspecified atom stereocenters. The number of fused-ring (bicyclic) bond motifs is 1. The first kappa shape index (κ1) is 15.3. The van der Waals surface area contributed by atoms with Gasteiger partial charge in [0.05, 0.1) is 6.42 Å². The van der Waals surface area contributed by atoms with Crippen molar-refractivity contribution in [3.05, 3.63) is 66.1 Å². The maximum absolute atomic E-state index is 12.6. The first-order valence-electron chi connectivity index (χ1n) is 7.99. The van der Waals surface area contributed by atoms with Gasteiger partial charge in [0.2, 0.25) is 5.91 Å². The lowest BCUT2D eigenvalue weighted by molar-refractivity contribution is -0.130. The van der Waals surface area contributed by atoms with Crippen LogP contribution in [0.25, 0.3) is 10.9 Å². The van der Waals surface area contributed by atoms with E-state index in [0.29, 0.717) is 6.42 Å². The first-order valence-corrected chi connectivity index (χ1v) is 7.99. The molecule has 2 aromatic heterocycles. The number of amides is 1. The van der Waals surface area contributed by atoms with Crippen LogP contribution in [0.4, 0.5) is 0 Å². The zero-order valence-corrected chi connectivity index (χ0v) is 13.3. The van der Waals surface area contributed by atoms with E-state index in [4.69, 9.17) is 0 Å². The number of nitrogens with one attached hydrogen (secondary N) is 1. The van der Waals surface area contributed by atoms with Crippen molar-refractivity contribution >= 4 is 16.8 Å². The molecule has 3 aromatic rings. The Morgan fingerprint density at radius 1 is 1.17 bits per heavy atom. The van der Waals surface area contributed by atoms with E-state index >= 15 is 0 Å². The third kappa shape index (κ3) is 3.59. The van der Waals surface area contributed by atoms with Crippen molar-refractivity contribution in [2.45, 2.75) is 19.8 Å². The van der Waals surface area contributed by atoms with Gasteiger partial charge in [-0.25, -0.2) is 0 Å². The molecule has 0 saturated carbocycles. The summed E-state index contributed by atoms with van der Waals surface area (Å²) in [5, 5.41) is 1.13. The molecule has 118 valence electrons. The van der Waals surface area contributed by atoms with Gasteiger partial charge in [0.15, 0.2) is 0 Å². The van der Waals surface area contributed by atoms with Crippen molar-refractivity contribution in [1.82, 2.24) is 14.9 Å². The van der Waals surface area contributed by atoms with E-state index in [1.807, 2.05) is 48.4 Å². The summed E-state index contributed by atoms with van der Waals surface area (Å²) in [4.78, 5) is 21.8. The molecule has 0 aliphatic rings. The zero-order valence-electron chi connectivity index (χ0n) is 13.3. The highest BCUT2D eigenvalue weighted by molar-refractivity contribution is 5.88. The number of likely N-dealkylation sites (N-methyl/N-ethyl adjacent to an activating group) is 1. The van der Waals surface area contributed by atoms with Crippen molar-refractivity contribution in [3.8, 4) is 0 Å². The highest BCUT2D eigenvalue weighted by Crippen LogP contribution is 2.18. The molecule has 1 amide bonds. The molecule has 0 aliphatic heterocycles. The molecular formula is C19H21N3O. The summed E-state index contributed by atoms with van der Waals surface area (Å²) in [7, 11) is 0. The van der Waals surface area contributed by atoms with E-state index in [0.717, 1.165) is 36.0 Å². The van der Waals surface area contributed by atoms with Gasteiger partial charge in [0, 0.05) is 42.6 Å². The van der Waals surface area contributed by atoms with Crippen LogP contribution in [0.2, 0.25) is 0 Å². The van der Waals surface area contributed by atoms with Gasteiger partial charge in [-0.05, 0) is 42.7 Å². The SMILES string of the molecule is CCN(CCc1ccncc1)C(=O)Cc1c[nH]c2ccccc12. The van der Waals surface area contributed by atoms with E-state index < -0.39 is 0 Å². The van der Waals surface area contributed by atoms with E-state index in [9.17, 15) is 4.79 Å². The van der Waals surface area contributed by atoms with Crippen LogP contribution in [0, 0.1) is 0 Å². The van der Waals surface area contributed by atoms with E-state index in [1.54, 1.807) is 12.4 Å². The fraction of sp³-hybridized carbons (Fsp3) is 0.263. The quantitative estimate of drug-likeness (QED) is 0.760. The third-order valence-electron chi connectivity index (χ3n) is 4.17. The second-order valence-corrected chi connectivity index (χ2v) is 5.62. The van der Waals surface area contributed by atoms with Crippen molar-refractivity contribution in [1.29, 1.82) is 0 Å². The van der Waals surface area contributed by atoms with Gasteiger partial charge in [-0.15, -0.1) is 0 Å². The maximum atomic E-state index is 12.6. The number of aromatic nitrogens is 2. The number of carbonyl (C=O) groups is 1. The van der Waals surface area contributed by atoms with Gasteiger partial charge in [0.1, 0.15) is 0 Å². The second kappa shape index (κ2) is 7.09. The molecule has 0 fully saturated rings. The van der Waals surface area contributed by atoms with Crippen LogP contribution in [0.5, 0.6) is 0 Å². The van der Waals surface area contributed by atoms with Gasteiger partial charge < -0.3 is 9.88 Å². The number of aromatic amines is 1. The lowest BCUT2D eigenvalue weighted by atomic mass is 10.1. The van der Waals surface area contributed by atoms with Crippen molar-refractivity contribution in [2.24, 2.45) is 0 Å². The number of carbonyl (C=O) groups excluding carboxylic acids is 1. The van der Waals surface area contributed by atoms with Gasteiger partial charge in [-0.1, -0.05) is 18.2 Å². The minimum absolute atomic E-state index is 0.173. The van der Waals surface area contributed by atoms with Crippen LogP contribution in [0.15, 0.2) is 55.0 Å². The minimum Gasteiger partial charge on any atom is -0.361 e. The summed E-state index contributed by atoms with van der Waals surface area (Å²) in [6, 6.07) is 12.1. The predicted molar refractivity (Wildman–Crippen MR) is 92.2 cm³/mol. The minimum atomic E-state index is 0.173. The number of pyridine rings is 1. The number of benzene rings is 1. The van der Waals surface area contributed by atoms with Crippen LogP contribution in [0.3, 0.4) is 0 Å². The third-order valence-corrected chi connectivity index (χ3v) is 4.17. The van der Waals surface area contributed by atoms with Crippen LogP contribution in [-0.4, -0.2) is 33.9 Å². The molecular weight excluding hydrogens is 286 g/mol. The Morgan fingerprint density at radius 3 is 2.74 bits per heavy atom. The summed E-state index contributed by atoms with van der Waals surface area (Å²) in [5.74, 6) is 0.173. The normalized spacial score (nSPS) is 10.8. The predicted octanol–water partition coefficient (Wildman–Crippen LogP) is 3.20. The molecule has 1 aromatic carbocycles. The number of nitrogens with zero attached hydrogens (tertiary/aromatic N) is 2. The standard InChI is InChI=1S/C19H21N3O/c1-2-22(12-9-15-7-10-20-11-8-15)19(23)13-16-14-21-18-6-4-3-5-17(16)18/h3-8,10-11,14,21H,2,9,12-13H2,1H3. The molecule has 0 saturated heterocycles. The lowest BCUT2D eigenvalue weighted by Crippen LogP contribution is -2.33. The molecule has 0 aliphatic carbocycles. The average molecular weight is 307 g/mol. The molecule has 23 heavy (non-hydrogen) atoms. The van der Waals surface area contributed by atoms with Crippen LogP contribution in [0.1, 0.15) is 18.1 Å². The Hall–Kier alpha value is -2.62. The van der Waals surface area contributed by atoms with Crippen LogP contribution < -0.4 is 0 Å². The topological polar surface area (TPSA) is 49.0 Å². The number of hydrogen-bond donors (Lipinski definition) is 1. The highest BCUT2D eigenvalue weighted by atomic mass is 16.2. The van der Waals surface area contributed by atoms with Gasteiger partial charge in [-0.2, -0.15) is 0 Å². The fourth-order valence-corrected chi connectivity index (χ4v) is 2.83. The van der Waals surface area contributed by atoms with Gasteiger partial charge in [0.25, 0.3) is 0 Å². The lowest BCUT2D eigenvalue weighted by Gasteiger charge is -2.21. The Morgan fingerprint density at radius 2 is 1.96 bits per heavy atom. The Balaban J connectivity index is 1.65. The van der Waals surface area contributed by atoms with E-state index in [2.05, 4.69) is 16.0 Å². The molecule has 1 N–H and O–H groups in total. The van der Waals surface area contributed by atoms with E-state index in [-0.39, 0.29) is 5.91 Å². The van der Waals surface area contributed by atoms with Crippen LogP contribution in [-0.2, 0) is 17.6 Å². The molecule has 0 bridgehead atoms. The van der Waals surface area contributed by atoms with Crippen molar-refractivity contribution in [3.63, 3.8) is 0 Å². The van der Waals surface area contributed by atoms with E-state index in [1.165, 1.54) is 5.56 Å². The van der Waals surface area contributed by atoms with Crippen LogP contribution >= 0.6 is 0 Å². The molecule has 0 radical (unpaired) electrons. The Bertz CT molecular complexity index is 779.